The van der Waals surface area contributed by atoms with Gasteiger partial charge in [-0.05, 0) is 26.0 Å². The van der Waals surface area contributed by atoms with Crippen LogP contribution in [0.1, 0.15) is 13.8 Å². The second-order valence-corrected chi connectivity index (χ2v) is 6.72. The van der Waals surface area contributed by atoms with Crippen LogP contribution in [0, 0.1) is 0 Å². The standard InChI is InChI=1S/C11H15ClN2O3S/c1-8-6-14(7-9(2)17-8)18(15,16)10-3-4-13-11(12)5-10/h3-5,8-9H,6-7H2,1-2H3. The Hall–Kier alpha value is -0.690. The van der Waals surface area contributed by atoms with Crippen LogP contribution in [0.2, 0.25) is 5.15 Å². The molecule has 2 rings (SSSR count). The highest BCUT2D eigenvalue weighted by atomic mass is 35.5. The van der Waals surface area contributed by atoms with Crippen molar-refractivity contribution in [1.29, 1.82) is 0 Å². The summed E-state index contributed by atoms with van der Waals surface area (Å²) in [7, 11) is -3.52. The molecule has 0 N–H and O–H groups in total. The number of ether oxygens (including phenoxy) is 1. The van der Waals surface area contributed by atoms with E-state index in [0.29, 0.717) is 13.1 Å². The van der Waals surface area contributed by atoms with Crippen LogP contribution in [-0.4, -0.2) is 43.0 Å². The number of hydrogen-bond donors (Lipinski definition) is 0. The molecule has 2 atom stereocenters. The monoisotopic (exact) mass is 290 g/mol. The largest absolute Gasteiger partial charge is 0.373 e. The highest BCUT2D eigenvalue weighted by Crippen LogP contribution is 2.22. The van der Waals surface area contributed by atoms with E-state index in [0.717, 1.165) is 0 Å². The van der Waals surface area contributed by atoms with E-state index in [2.05, 4.69) is 4.98 Å². The number of aromatic nitrogens is 1. The minimum absolute atomic E-state index is 0.110. The van der Waals surface area contributed by atoms with Crippen molar-refractivity contribution in [3.05, 3.63) is 23.5 Å². The van der Waals surface area contributed by atoms with Gasteiger partial charge in [0.1, 0.15) is 5.15 Å². The van der Waals surface area contributed by atoms with Crippen molar-refractivity contribution in [2.75, 3.05) is 13.1 Å². The van der Waals surface area contributed by atoms with Crippen molar-refractivity contribution >= 4 is 21.6 Å². The average molecular weight is 291 g/mol. The summed E-state index contributed by atoms with van der Waals surface area (Å²) < 4.78 is 31.8. The Bertz CT molecular complexity index is 525. The Morgan fingerprint density at radius 1 is 1.39 bits per heavy atom. The molecule has 18 heavy (non-hydrogen) atoms. The molecule has 1 fully saturated rings. The van der Waals surface area contributed by atoms with Crippen LogP contribution < -0.4 is 0 Å². The first-order valence-electron chi connectivity index (χ1n) is 5.67. The van der Waals surface area contributed by atoms with E-state index >= 15 is 0 Å². The van der Waals surface area contributed by atoms with Gasteiger partial charge < -0.3 is 4.74 Å². The molecule has 0 aliphatic carbocycles. The summed E-state index contributed by atoms with van der Waals surface area (Å²) in [6.07, 6.45) is 1.17. The molecule has 1 aromatic rings. The van der Waals surface area contributed by atoms with Gasteiger partial charge in [-0.3, -0.25) is 0 Å². The Kier molecular flexibility index (Phi) is 3.91. The molecule has 1 saturated heterocycles. The molecule has 1 aliphatic heterocycles. The highest BCUT2D eigenvalue weighted by molar-refractivity contribution is 7.89. The van der Waals surface area contributed by atoms with Crippen LogP contribution in [0.5, 0.6) is 0 Å². The predicted molar refractivity (Wildman–Crippen MR) is 68.0 cm³/mol. The first-order chi connectivity index (χ1) is 8.39. The average Bonchev–Trinajstić information content (AvgIpc) is 2.27. The van der Waals surface area contributed by atoms with Crippen LogP contribution in [0.4, 0.5) is 0 Å². The zero-order valence-corrected chi connectivity index (χ0v) is 11.8. The lowest BCUT2D eigenvalue weighted by atomic mass is 10.3. The Balaban J connectivity index is 2.31. The third kappa shape index (κ3) is 2.83. The van der Waals surface area contributed by atoms with Crippen LogP contribution in [-0.2, 0) is 14.8 Å². The third-order valence-electron chi connectivity index (χ3n) is 2.72. The summed E-state index contributed by atoms with van der Waals surface area (Å²) in [5, 5.41) is 0.172. The molecule has 0 saturated carbocycles. The molecular weight excluding hydrogens is 276 g/mol. The first-order valence-corrected chi connectivity index (χ1v) is 7.48. The SMILES string of the molecule is CC1CN(S(=O)(=O)c2ccnc(Cl)c2)CC(C)O1. The topological polar surface area (TPSA) is 59.5 Å². The van der Waals surface area contributed by atoms with Gasteiger partial charge >= 0.3 is 0 Å². The van der Waals surface area contributed by atoms with Crippen molar-refractivity contribution in [2.45, 2.75) is 31.0 Å². The summed E-state index contributed by atoms with van der Waals surface area (Å²) >= 11 is 5.73. The smallest absolute Gasteiger partial charge is 0.243 e. The molecule has 2 unspecified atom stereocenters. The zero-order chi connectivity index (χ0) is 13.3. The highest BCUT2D eigenvalue weighted by Gasteiger charge is 2.32. The zero-order valence-electron chi connectivity index (χ0n) is 10.2. The molecule has 1 aliphatic rings. The summed E-state index contributed by atoms with van der Waals surface area (Å²) in [6.45, 7) is 4.43. The second kappa shape index (κ2) is 5.13. The van der Waals surface area contributed by atoms with Gasteiger partial charge in [-0.15, -0.1) is 0 Å². The number of halogens is 1. The Morgan fingerprint density at radius 2 is 2.00 bits per heavy atom. The molecule has 0 aromatic carbocycles. The van der Waals surface area contributed by atoms with Crippen molar-refractivity contribution in [1.82, 2.24) is 9.29 Å². The number of nitrogens with zero attached hydrogens (tertiary/aromatic N) is 2. The maximum Gasteiger partial charge on any atom is 0.243 e. The number of hydrogen-bond acceptors (Lipinski definition) is 4. The van der Waals surface area contributed by atoms with Crippen LogP contribution >= 0.6 is 11.6 Å². The lowest BCUT2D eigenvalue weighted by molar-refractivity contribution is -0.0440. The fourth-order valence-electron chi connectivity index (χ4n) is 2.02. The van der Waals surface area contributed by atoms with Gasteiger partial charge in [-0.25, -0.2) is 13.4 Å². The van der Waals surface area contributed by atoms with Gasteiger partial charge in [0.15, 0.2) is 0 Å². The molecule has 0 amide bonds. The van der Waals surface area contributed by atoms with Crippen molar-refractivity contribution in [2.24, 2.45) is 0 Å². The molecule has 0 bridgehead atoms. The second-order valence-electron chi connectivity index (χ2n) is 4.39. The Labute approximate surface area is 112 Å². The van der Waals surface area contributed by atoms with Gasteiger partial charge in [0.2, 0.25) is 10.0 Å². The molecule has 5 nitrogen and oxygen atoms in total. The van der Waals surface area contributed by atoms with Gasteiger partial charge in [0.05, 0.1) is 17.1 Å². The number of pyridine rings is 1. The first kappa shape index (κ1) is 13.7. The summed E-state index contributed by atoms with van der Waals surface area (Å²) in [4.78, 5) is 3.96. The molecule has 0 radical (unpaired) electrons. The van der Waals surface area contributed by atoms with Gasteiger partial charge in [-0.2, -0.15) is 4.31 Å². The number of rotatable bonds is 2. The third-order valence-corrected chi connectivity index (χ3v) is 4.76. The lowest BCUT2D eigenvalue weighted by Crippen LogP contribution is -2.48. The fourth-order valence-corrected chi connectivity index (χ4v) is 3.86. The van der Waals surface area contributed by atoms with E-state index in [1.807, 2.05) is 13.8 Å². The van der Waals surface area contributed by atoms with E-state index in [4.69, 9.17) is 16.3 Å². The van der Waals surface area contributed by atoms with Gasteiger partial charge in [0, 0.05) is 19.3 Å². The molecule has 2 heterocycles. The fraction of sp³-hybridized carbons (Fsp3) is 0.545. The van der Waals surface area contributed by atoms with Crippen molar-refractivity contribution in [3.8, 4) is 0 Å². The van der Waals surface area contributed by atoms with Crippen LogP contribution in [0.25, 0.3) is 0 Å². The van der Waals surface area contributed by atoms with E-state index < -0.39 is 10.0 Å². The minimum Gasteiger partial charge on any atom is -0.373 e. The normalized spacial score (nSPS) is 26.2. The molecule has 1 aromatic heterocycles. The molecular formula is C11H15ClN2O3S. The number of morpholine rings is 1. The van der Waals surface area contributed by atoms with Crippen molar-refractivity contribution in [3.63, 3.8) is 0 Å². The van der Waals surface area contributed by atoms with E-state index in [9.17, 15) is 8.42 Å². The maximum atomic E-state index is 12.4. The van der Waals surface area contributed by atoms with Crippen LogP contribution in [0.15, 0.2) is 23.2 Å². The molecule has 7 heteroatoms. The quantitative estimate of drug-likeness (QED) is 0.775. The summed E-state index contributed by atoms with van der Waals surface area (Å²) in [5.74, 6) is 0. The lowest BCUT2D eigenvalue weighted by Gasteiger charge is -2.34. The van der Waals surface area contributed by atoms with Gasteiger partial charge in [0.25, 0.3) is 0 Å². The summed E-state index contributed by atoms with van der Waals surface area (Å²) in [5.41, 5.74) is 0. The molecule has 0 spiro atoms. The minimum atomic E-state index is -3.52. The molecule has 100 valence electrons. The Morgan fingerprint density at radius 3 is 2.56 bits per heavy atom. The van der Waals surface area contributed by atoms with E-state index in [-0.39, 0.29) is 22.3 Å². The van der Waals surface area contributed by atoms with E-state index in [1.54, 1.807) is 0 Å². The number of sulfonamides is 1. The van der Waals surface area contributed by atoms with E-state index in [1.165, 1.54) is 22.6 Å². The van der Waals surface area contributed by atoms with Crippen LogP contribution in [0.3, 0.4) is 0 Å². The summed E-state index contributed by atoms with van der Waals surface area (Å²) in [6, 6.07) is 2.81. The predicted octanol–water partition coefficient (Wildman–Crippen LogP) is 1.53. The van der Waals surface area contributed by atoms with Crippen molar-refractivity contribution < 1.29 is 13.2 Å². The van der Waals surface area contributed by atoms with Gasteiger partial charge in [-0.1, -0.05) is 11.6 Å². The maximum absolute atomic E-state index is 12.4.